The minimum absolute atomic E-state index is 0.00652. The van der Waals surface area contributed by atoms with Crippen LogP contribution in [-0.2, 0) is 0 Å². The number of thioether (sulfide) groups is 1. The fourth-order valence-corrected chi connectivity index (χ4v) is 3.25. The monoisotopic (exact) mass is 312 g/mol. The van der Waals surface area contributed by atoms with E-state index in [2.05, 4.69) is 21.7 Å². The number of aromatic nitrogens is 1. The molecule has 8 heteroatoms. The molecule has 0 unspecified atom stereocenters. The van der Waals surface area contributed by atoms with Gasteiger partial charge in [-0.1, -0.05) is 19.1 Å². The first kappa shape index (κ1) is 15.1. The van der Waals surface area contributed by atoms with Gasteiger partial charge in [0.05, 0.1) is 4.92 Å². The summed E-state index contributed by atoms with van der Waals surface area (Å²) >= 11 is 6.58. The van der Waals surface area contributed by atoms with Crippen LogP contribution < -0.4 is 0 Å². The van der Waals surface area contributed by atoms with Gasteiger partial charge in [-0.25, -0.2) is 4.98 Å². The maximum atomic E-state index is 11.0. The molecule has 1 aromatic heterocycles. The predicted octanol–water partition coefficient (Wildman–Crippen LogP) is 2.00. The lowest BCUT2D eigenvalue weighted by Crippen LogP contribution is -2.47. The molecule has 1 saturated heterocycles. The van der Waals surface area contributed by atoms with Gasteiger partial charge in [0, 0.05) is 38.4 Å². The van der Waals surface area contributed by atoms with Crippen LogP contribution in [0.4, 0.5) is 5.69 Å². The van der Waals surface area contributed by atoms with Gasteiger partial charge in [0.1, 0.15) is 4.32 Å². The van der Waals surface area contributed by atoms with Crippen molar-refractivity contribution in [3.63, 3.8) is 0 Å². The highest BCUT2D eigenvalue weighted by Gasteiger charge is 2.22. The van der Waals surface area contributed by atoms with Crippen molar-refractivity contribution in [1.82, 2.24) is 14.8 Å². The van der Waals surface area contributed by atoms with E-state index in [1.165, 1.54) is 17.8 Å². The topological polar surface area (TPSA) is 62.5 Å². The van der Waals surface area contributed by atoms with E-state index in [1.54, 1.807) is 12.3 Å². The third kappa shape index (κ3) is 3.65. The second kappa shape index (κ2) is 6.96. The zero-order valence-corrected chi connectivity index (χ0v) is 12.8. The molecule has 1 aromatic rings. The molecule has 0 N–H and O–H groups in total. The molecule has 20 heavy (non-hydrogen) atoms. The first-order valence-corrected chi connectivity index (χ1v) is 7.62. The van der Waals surface area contributed by atoms with Gasteiger partial charge in [0.25, 0.3) is 0 Å². The zero-order chi connectivity index (χ0) is 14.5. The van der Waals surface area contributed by atoms with Gasteiger partial charge in [0.15, 0.2) is 5.03 Å². The van der Waals surface area contributed by atoms with Gasteiger partial charge in [-0.2, -0.15) is 0 Å². The Bertz CT molecular complexity index is 504. The third-order valence-corrected chi connectivity index (χ3v) is 4.66. The van der Waals surface area contributed by atoms with E-state index in [0.717, 1.165) is 32.7 Å². The summed E-state index contributed by atoms with van der Waals surface area (Å²) in [6, 6.07) is 3.01. The summed E-state index contributed by atoms with van der Waals surface area (Å²) in [4.78, 5) is 19.0. The van der Waals surface area contributed by atoms with E-state index < -0.39 is 4.92 Å². The number of pyridine rings is 1. The van der Waals surface area contributed by atoms with Gasteiger partial charge in [-0.3, -0.25) is 10.1 Å². The van der Waals surface area contributed by atoms with Gasteiger partial charge in [-0.15, -0.1) is 0 Å². The van der Waals surface area contributed by atoms with E-state index in [1.807, 2.05) is 0 Å². The predicted molar refractivity (Wildman–Crippen MR) is 83.0 cm³/mol. The van der Waals surface area contributed by atoms with Crippen LogP contribution in [0.3, 0.4) is 0 Å². The van der Waals surface area contributed by atoms with Gasteiger partial charge in [-0.05, 0) is 24.4 Å². The normalized spacial score (nSPS) is 16.1. The molecule has 0 aromatic carbocycles. The Morgan fingerprint density at radius 3 is 2.80 bits per heavy atom. The molecule has 2 rings (SSSR count). The number of hydrogen-bond donors (Lipinski definition) is 0. The Morgan fingerprint density at radius 1 is 1.50 bits per heavy atom. The summed E-state index contributed by atoms with van der Waals surface area (Å²) < 4.78 is 0.655. The van der Waals surface area contributed by atoms with Gasteiger partial charge < -0.3 is 9.80 Å². The Hall–Kier alpha value is -1.25. The molecule has 2 heterocycles. The molecular weight excluding hydrogens is 296 g/mol. The van der Waals surface area contributed by atoms with Crippen LogP contribution >= 0.6 is 24.0 Å². The van der Waals surface area contributed by atoms with Crippen LogP contribution in [-0.4, -0.2) is 56.8 Å². The molecule has 0 saturated carbocycles. The van der Waals surface area contributed by atoms with Crippen molar-refractivity contribution >= 4 is 34.0 Å². The number of rotatable bonds is 3. The fourth-order valence-electron chi connectivity index (χ4n) is 1.99. The van der Waals surface area contributed by atoms with Crippen molar-refractivity contribution in [3.8, 4) is 0 Å². The summed E-state index contributed by atoms with van der Waals surface area (Å²) in [5, 5.41) is 11.3. The number of piperazine rings is 1. The molecule has 1 aliphatic heterocycles. The molecule has 1 fully saturated rings. The van der Waals surface area contributed by atoms with E-state index in [9.17, 15) is 10.1 Å². The minimum Gasteiger partial charge on any atom is -0.355 e. The number of nitro groups is 1. The Balaban J connectivity index is 2.00. The lowest BCUT2D eigenvalue weighted by molar-refractivity contribution is -0.388. The summed E-state index contributed by atoms with van der Waals surface area (Å²) in [5.74, 6) is 0. The molecule has 0 atom stereocenters. The van der Waals surface area contributed by atoms with Crippen LogP contribution in [0.5, 0.6) is 0 Å². The van der Waals surface area contributed by atoms with Gasteiger partial charge >= 0.3 is 5.69 Å². The second-order valence-corrected chi connectivity index (χ2v) is 6.00. The summed E-state index contributed by atoms with van der Waals surface area (Å²) in [6.07, 6.45) is 1.55. The van der Waals surface area contributed by atoms with E-state index in [0.29, 0.717) is 9.35 Å². The van der Waals surface area contributed by atoms with Crippen molar-refractivity contribution in [1.29, 1.82) is 0 Å². The molecule has 0 amide bonds. The summed E-state index contributed by atoms with van der Waals surface area (Å²) in [7, 11) is 0. The standard InChI is InChI=1S/C12H16N4O2S2/c1-2-14-6-8-15(9-7-14)12(19)20-11-10(16(17)18)4-3-5-13-11/h3-5H,2,6-9H2,1H3. The third-order valence-electron chi connectivity index (χ3n) is 3.21. The van der Waals surface area contributed by atoms with Crippen LogP contribution in [0.1, 0.15) is 6.92 Å². The van der Waals surface area contributed by atoms with Gasteiger partial charge in [0.2, 0.25) is 0 Å². The Labute approximate surface area is 127 Å². The van der Waals surface area contributed by atoms with Crippen LogP contribution in [0.25, 0.3) is 0 Å². The van der Waals surface area contributed by atoms with Crippen molar-refractivity contribution in [3.05, 3.63) is 28.4 Å². The number of likely N-dealkylation sites (N-methyl/N-ethyl adjacent to an activating group) is 1. The second-order valence-electron chi connectivity index (χ2n) is 4.37. The van der Waals surface area contributed by atoms with E-state index in [4.69, 9.17) is 12.2 Å². The first-order valence-electron chi connectivity index (χ1n) is 6.40. The summed E-state index contributed by atoms with van der Waals surface area (Å²) in [5.41, 5.74) is 0.00652. The number of hydrogen-bond acceptors (Lipinski definition) is 6. The SMILES string of the molecule is CCN1CCN(C(=S)Sc2ncccc2[N+](=O)[O-])CC1. The van der Waals surface area contributed by atoms with Crippen molar-refractivity contribution < 1.29 is 4.92 Å². The van der Waals surface area contributed by atoms with Crippen LogP contribution in [0.15, 0.2) is 23.4 Å². The molecule has 0 bridgehead atoms. The molecule has 1 aliphatic rings. The lowest BCUT2D eigenvalue weighted by atomic mass is 10.3. The van der Waals surface area contributed by atoms with Crippen LogP contribution in [0, 0.1) is 10.1 Å². The lowest BCUT2D eigenvalue weighted by Gasteiger charge is -2.35. The smallest absolute Gasteiger partial charge is 0.301 e. The Kier molecular flexibility index (Phi) is 5.27. The highest BCUT2D eigenvalue weighted by atomic mass is 32.2. The maximum absolute atomic E-state index is 11.0. The van der Waals surface area contributed by atoms with Crippen LogP contribution in [0.2, 0.25) is 0 Å². The molecular formula is C12H16N4O2S2. The molecule has 108 valence electrons. The summed E-state index contributed by atoms with van der Waals surface area (Å²) in [6.45, 7) is 6.85. The largest absolute Gasteiger partial charge is 0.355 e. The highest BCUT2D eigenvalue weighted by molar-refractivity contribution is 8.22. The average molecular weight is 312 g/mol. The van der Waals surface area contributed by atoms with E-state index in [-0.39, 0.29) is 5.69 Å². The average Bonchev–Trinajstić information content (AvgIpc) is 2.47. The number of thiocarbonyl (C=S) groups is 1. The van der Waals surface area contributed by atoms with Crippen molar-refractivity contribution in [2.24, 2.45) is 0 Å². The van der Waals surface area contributed by atoms with E-state index >= 15 is 0 Å². The minimum atomic E-state index is -0.424. The maximum Gasteiger partial charge on any atom is 0.301 e. The first-order chi connectivity index (χ1) is 9.61. The molecule has 0 radical (unpaired) electrons. The molecule has 6 nitrogen and oxygen atoms in total. The zero-order valence-electron chi connectivity index (χ0n) is 11.2. The highest BCUT2D eigenvalue weighted by Crippen LogP contribution is 2.28. The van der Waals surface area contributed by atoms with Crippen molar-refractivity contribution in [2.45, 2.75) is 11.9 Å². The molecule has 0 aliphatic carbocycles. The Morgan fingerprint density at radius 2 is 2.20 bits per heavy atom. The molecule has 0 spiro atoms. The fraction of sp³-hybridized carbons (Fsp3) is 0.500. The quantitative estimate of drug-likeness (QED) is 0.366. The van der Waals surface area contributed by atoms with Crippen molar-refractivity contribution in [2.75, 3.05) is 32.7 Å². The number of nitrogens with zero attached hydrogens (tertiary/aromatic N) is 4.